The molecule has 1 heterocycles. The largest absolute Gasteiger partial charge is 0.325 e. The standard InChI is InChI=1S/C17H21N2/c1-12-17(2,3)16-14-7-5-4-6-13(14)8-9-15(16)19(12)11-10-18/h4-9H,10-11,18H2,1-3H3/q+1. The monoisotopic (exact) mass is 253 g/mol. The summed E-state index contributed by atoms with van der Waals surface area (Å²) in [5.41, 5.74) is 10.0. The number of fused-ring (bicyclic) bond motifs is 3. The molecule has 1 aliphatic heterocycles. The third kappa shape index (κ3) is 1.63. The Morgan fingerprint density at radius 3 is 2.58 bits per heavy atom. The van der Waals surface area contributed by atoms with Crippen LogP contribution in [0.4, 0.5) is 5.69 Å². The first-order chi connectivity index (χ1) is 9.07. The van der Waals surface area contributed by atoms with Crippen molar-refractivity contribution in [2.24, 2.45) is 5.73 Å². The first-order valence-corrected chi connectivity index (χ1v) is 6.91. The van der Waals surface area contributed by atoms with Gasteiger partial charge in [0.15, 0.2) is 12.3 Å². The molecular weight excluding hydrogens is 232 g/mol. The lowest BCUT2D eigenvalue weighted by Gasteiger charge is -2.17. The Balaban J connectivity index is 2.35. The molecule has 0 atom stereocenters. The lowest BCUT2D eigenvalue weighted by Crippen LogP contribution is -2.28. The van der Waals surface area contributed by atoms with Crippen molar-refractivity contribution in [2.45, 2.75) is 26.2 Å². The summed E-state index contributed by atoms with van der Waals surface area (Å²) in [4.78, 5) is 0. The van der Waals surface area contributed by atoms with E-state index in [1.165, 1.54) is 27.7 Å². The van der Waals surface area contributed by atoms with Gasteiger partial charge in [-0.1, -0.05) is 24.3 Å². The van der Waals surface area contributed by atoms with E-state index in [4.69, 9.17) is 5.73 Å². The predicted molar refractivity (Wildman–Crippen MR) is 81.5 cm³/mol. The summed E-state index contributed by atoms with van der Waals surface area (Å²) in [5, 5.41) is 2.68. The van der Waals surface area contributed by atoms with Gasteiger partial charge in [-0.3, -0.25) is 0 Å². The van der Waals surface area contributed by atoms with E-state index in [2.05, 4.69) is 61.7 Å². The van der Waals surface area contributed by atoms with Crippen LogP contribution in [0.3, 0.4) is 0 Å². The summed E-state index contributed by atoms with van der Waals surface area (Å²) in [7, 11) is 0. The minimum atomic E-state index is 0.0748. The van der Waals surface area contributed by atoms with Crippen LogP contribution in [-0.2, 0) is 5.41 Å². The maximum Gasteiger partial charge on any atom is 0.210 e. The third-order valence-corrected chi connectivity index (χ3v) is 4.48. The summed E-state index contributed by atoms with van der Waals surface area (Å²) < 4.78 is 2.38. The van der Waals surface area contributed by atoms with Gasteiger partial charge in [0.2, 0.25) is 5.69 Å². The molecule has 0 amide bonds. The molecule has 2 N–H and O–H groups in total. The van der Waals surface area contributed by atoms with Crippen molar-refractivity contribution < 1.29 is 4.58 Å². The highest BCUT2D eigenvalue weighted by molar-refractivity contribution is 6.01. The van der Waals surface area contributed by atoms with Crippen LogP contribution >= 0.6 is 0 Å². The van der Waals surface area contributed by atoms with Crippen LogP contribution in [-0.4, -0.2) is 23.4 Å². The molecule has 0 saturated carbocycles. The van der Waals surface area contributed by atoms with Crippen molar-refractivity contribution in [3.8, 4) is 0 Å². The Labute approximate surface area is 114 Å². The second-order valence-electron chi connectivity index (χ2n) is 5.83. The average molecular weight is 253 g/mol. The highest BCUT2D eigenvalue weighted by atomic mass is 15.1. The number of benzene rings is 2. The summed E-state index contributed by atoms with van der Waals surface area (Å²) in [5.74, 6) is 0. The Kier molecular flexibility index (Phi) is 2.72. The van der Waals surface area contributed by atoms with Crippen molar-refractivity contribution in [3.63, 3.8) is 0 Å². The second kappa shape index (κ2) is 4.17. The molecule has 0 bridgehead atoms. The van der Waals surface area contributed by atoms with Crippen molar-refractivity contribution >= 4 is 22.2 Å². The zero-order valence-electron chi connectivity index (χ0n) is 11.9. The van der Waals surface area contributed by atoms with Gasteiger partial charge in [-0.2, -0.15) is 4.58 Å². The smallest absolute Gasteiger partial charge is 0.210 e. The minimum absolute atomic E-state index is 0.0748. The Morgan fingerprint density at radius 2 is 1.84 bits per heavy atom. The molecule has 0 spiro atoms. The van der Waals surface area contributed by atoms with E-state index in [-0.39, 0.29) is 5.41 Å². The van der Waals surface area contributed by atoms with Crippen LogP contribution in [0.1, 0.15) is 26.3 Å². The van der Waals surface area contributed by atoms with E-state index >= 15 is 0 Å². The van der Waals surface area contributed by atoms with Crippen molar-refractivity contribution in [1.82, 2.24) is 0 Å². The molecular formula is C17H21N2+. The lowest BCUT2D eigenvalue weighted by atomic mass is 9.80. The molecule has 0 unspecified atom stereocenters. The Morgan fingerprint density at radius 1 is 1.11 bits per heavy atom. The van der Waals surface area contributed by atoms with Crippen LogP contribution in [0.25, 0.3) is 10.8 Å². The first kappa shape index (κ1) is 12.4. The van der Waals surface area contributed by atoms with Gasteiger partial charge in [0.1, 0.15) is 0 Å². The van der Waals surface area contributed by atoms with Gasteiger partial charge in [-0.05, 0) is 30.7 Å². The highest BCUT2D eigenvalue weighted by Crippen LogP contribution is 2.43. The molecule has 98 valence electrons. The lowest BCUT2D eigenvalue weighted by molar-refractivity contribution is -0.435. The Bertz CT molecular complexity index is 681. The fraction of sp³-hybridized carbons (Fsp3) is 0.353. The number of nitrogens with zero attached hydrogens (tertiary/aromatic N) is 1. The van der Waals surface area contributed by atoms with Gasteiger partial charge < -0.3 is 5.73 Å². The molecule has 0 saturated heterocycles. The summed E-state index contributed by atoms with van der Waals surface area (Å²) in [6, 6.07) is 13.1. The van der Waals surface area contributed by atoms with Gasteiger partial charge in [-0.25, -0.2) is 0 Å². The normalized spacial score (nSPS) is 17.1. The third-order valence-electron chi connectivity index (χ3n) is 4.48. The number of nitrogens with two attached hydrogens (primary N) is 1. The molecule has 2 heteroatoms. The molecule has 0 aliphatic carbocycles. The molecule has 2 nitrogen and oxygen atoms in total. The van der Waals surface area contributed by atoms with Gasteiger partial charge in [0.25, 0.3) is 0 Å². The zero-order valence-corrected chi connectivity index (χ0v) is 11.9. The van der Waals surface area contributed by atoms with Crippen LogP contribution in [0.2, 0.25) is 0 Å². The number of hydrogen-bond donors (Lipinski definition) is 1. The van der Waals surface area contributed by atoms with Gasteiger partial charge >= 0.3 is 0 Å². The van der Waals surface area contributed by atoms with E-state index in [1.807, 2.05) is 0 Å². The van der Waals surface area contributed by atoms with Gasteiger partial charge in [-0.15, -0.1) is 0 Å². The predicted octanol–water partition coefficient (Wildman–Crippen LogP) is 3.19. The summed E-state index contributed by atoms with van der Waals surface area (Å²) >= 11 is 0. The maximum absolute atomic E-state index is 5.77. The number of hydrogen-bond acceptors (Lipinski definition) is 1. The molecule has 3 rings (SSSR count). The van der Waals surface area contributed by atoms with Crippen LogP contribution < -0.4 is 5.73 Å². The topological polar surface area (TPSA) is 29.0 Å². The summed E-state index contributed by atoms with van der Waals surface area (Å²) in [6.07, 6.45) is 0. The Hall–Kier alpha value is -1.67. The summed E-state index contributed by atoms with van der Waals surface area (Å²) in [6.45, 7) is 8.42. The van der Waals surface area contributed by atoms with E-state index in [0.717, 1.165) is 6.54 Å². The minimum Gasteiger partial charge on any atom is -0.325 e. The fourth-order valence-electron chi connectivity index (χ4n) is 3.26. The van der Waals surface area contributed by atoms with Gasteiger partial charge in [0.05, 0.1) is 12.0 Å². The average Bonchev–Trinajstić information content (AvgIpc) is 2.60. The molecule has 2 aromatic rings. The highest BCUT2D eigenvalue weighted by Gasteiger charge is 2.43. The number of rotatable bonds is 2. The van der Waals surface area contributed by atoms with E-state index in [0.29, 0.717) is 6.54 Å². The first-order valence-electron chi connectivity index (χ1n) is 6.91. The SMILES string of the molecule is CC1=[N+](CCN)c2ccc3ccccc3c2C1(C)C. The van der Waals surface area contributed by atoms with Crippen molar-refractivity contribution in [1.29, 1.82) is 0 Å². The fourth-order valence-corrected chi connectivity index (χ4v) is 3.26. The molecule has 1 aliphatic rings. The second-order valence-corrected chi connectivity index (χ2v) is 5.83. The van der Waals surface area contributed by atoms with Crippen LogP contribution in [0.5, 0.6) is 0 Å². The molecule has 19 heavy (non-hydrogen) atoms. The molecule has 0 radical (unpaired) electrons. The van der Waals surface area contributed by atoms with Crippen LogP contribution in [0, 0.1) is 0 Å². The maximum atomic E-state index is 5.77. The van der Waals surface area contributed by atoms with E-state index < -0.39 is 0 Å². The van der Waals surface area contributed by atoms with Crippen molar-refractivity contribution in [2.75, 3.05) is 13.1 Å². The zero-order chi connectivity index (χ0) is 13.6. The van der Waals surface area contributed by atoms with Gasteiger partial charge in [0, 0.05) is 18.6 Å². The molecule has 0 aromatic heterocycles. The van der Waals surface area contributed by atoms with Crippen LogP contribution in [0.15, 0.2) is 36.4 Å². The van der Waals surface area contributed by atoms with E-state index in [1.54, 1.807) is 0 Å². The quantitative estimate of drug-likeness (QED) is 0.818. The molecule has 2 aromatic carbocycles. The van der Waals surface area contributed by atoms with Crippen molar-refractivity contribution in [3.05, 3.63) is 42.0 Å². The van der Waals surface area contributed by atoms with E-state index in [9.17, 15) is 0 Å². The molecule has 0 fully saturated rings.